The van der Waals surface area contributed by atoms with Gasteiger partial charge in [-0.2, -0.15) is 0 Å². The molecule has 5 rings (SSSR count). The Labute approximate surface area is 171 Å². The van der Waals surface area contributed by atoms with E-state index in [9.17, 15) is 0 Å². The number of allylic oxidation sites excluding steroid dienone is 1. The molecule has 0 saturated heterocycles. The van der Waals surface area contributed by atoms with E-state index in [1.54, 1.807) is 0 Å². The van der Waals surface area contributed by atoms with Crippen LogP contribution in [-0.2, 0) is 28.9 Å². The van der Waals surface area contributed by atoms with Gasteiger partial charge in [-0.25, -0.2) is 4.98 Å². The fourth-order valence-corrected chi connectivity index (χ4v) is 3.81. The molecule has 28 heavy (non-hydrogen) atoms. The molecule has 0 unspecified atom stereocenters. The molecule has 0 spiro atoms. The molecule has 0 N–H and O–H groups in total. The molecule has 3 aromatic rings. The summed E-state index contributed by atoms with van der Waals surface area (Å²) in [4.78, 5) is 4.81. The number of rotatable bonds is 4. The highest BCUT2D eigenvalue weighted by Crippen LogP contribution is 2.30. The van der Waals surface area contributed by atoms with Crippen molar-refractivity contribution in [3.05, 3.63) is 83.5 Å². The van der Waals surface area contributed by atoms with Gasteiger partial charge in [0, 0.05) is 36.7 Å². The molecule has 2 aliphatic heterocycles. The van der Waals surface area contributed by atoms with Crippen molar-refractivity contribution in [1.29, 1.82) is 0 Å². The fourth-order valence-electron chi connectivity index (χ4n) is 3.81. The van der Waals surface area contributed by atoms with Gasteiger partial charge in [-0.05, 0) is 18.4 Å². The number of aromatic nitrogens is 2. The van der Waals surface area contributed by atoms with E-state index in [1.165, 1.54) is 24.2 Å². The summed E-state index contributed by atoms with van der Waals surface area (Å²) in [5.74, 6) is 2.95. The summed E-state index contributed by atoms with van der Waals surface area (Å²) < 4.78 is 13.8. The first-order chi connectivity index (χ1) is 13.4. The lowest BCUT2D eigenvalue weighted by atomic mass is 10.1. The molecule has 5 heteroatoms. The van der Waals surface area contributed by atoms with Crippen LogP contribution < -0.4 is 0 Å². The summed E-state index contributed by atoms with van der Waals surface area (Å²) in [5.41, 5.74) is 4.46. The van der Waals surface area contributed by atoms with Crippen molar-refractivity contribution >= 4 is 18.2 Å². The number of halogens is 1. The molecule has 2 aliphatic rings. The van der Waals surface area contributed by atoms with Gasteiger partial charge in [-0.3, -0.25) is 0 Å². The number of imidazole rings is 1. The van der Waals surface area contributed by atoms with Crippen LogP contribution in [0.2, 0.25) is 0 Å². The van der Waals surface area contributed by atoms with Crippen LogP contribution in [-0.4, -0.2) is 16.3 Å². The Balaban J connectivity index is 0.00000192. The lowest BCUT2D eigenvalue weighted by molar-refractivity contribution is 0.0857. The molecular weight excluding hydrogens is 372 g/mol. The minimum absolute atomic E-state index is 0. The third-order valence-electron chi connectivity index (χ3n) is 5.25. The second-order valence-electron chi connectivity index (χ2n) is 7.09. The van der Waals surface area contributed by atoms with Gasteiger partial charge in [0.15, 0.2) is 5.76 Å². The highest BCUT2D eigenvalue weighted by Gasteiger charge is 2.20. The highest BCUT2D eigenvalue weighted by atomic mass is 35.5. The predicted molar refractivity (Wildman–Crippen MR) is 112 cm³/mol. The average molecular weight is 395 g/mol. The molecule has 0 aliphatic carbocycles. The molecule has 0 amide bonds. The van der Waals surface area contributed by atoms with Crippen molar-refractivity contribution in [2.24, 2.45) is 0 Å². The molecule has 1 aromatic heterocycles. The van der Waals surface area contributed by atoms with E-state index < -0.39 is 0 Å². The van der Waals surface area contributed by atoms with Gasteiger partial charge in [0.1, 0.15) is 11.6 Å². The van der Waals surface area contributed by atoms with E-state index >= 15 is 0 Å². The zero-order valence-electron chi connectivity index (χ0n) is 15.6. The number of nitrogens with zero attached hydrogens (tertiary/aromatic N) is 2. The number of fused-ring (bicyclic) bond motifs is 1. The predicted octanol–water partition coefficient (Wildman–Crippen LogP) is 5.22. The topological polar surface area (TPSA) is 36.3 Å². The minimum Gasteiger partial charge on any atom is -0.458 e. The minimum atomic E-state index is 0. The molecule has 0 atom stereocenters. The van der Waals surface area contributed by atoms with E-state index in [-0.39, 0.29) is 19.2 Å². The van der Waals surface area contributed by atoms with Crippen molar-refractivity contribution in [2.75, 3.05) is 6.79 Å². The second kappa shape index (κ2) is 8.11. The molecule has 4 nitrogen and oxygen atoms in total. The van der Waals surface area contributed by atoms with Gasteiger partial charge in [-0.15, -0.1) is 12.4 Å². The van der Waals surface area contributed by atoms with Crippen LogP contribution in [0.25, 0.3) is 17.0 Å². The highest BCUT2D eigenvalue weighted by molar-refractivity contribution is 5.85. The Bertz CT molecular complexity index is 954. The molecule has 3 heterocycles. The van der Waals surface area contributed by atoms with Crippen molar-refractivity contribution < 1.29 is 9.47 Å². The quantitative estimate of drug-likeness (QED) is 0.608. The van der Waals surface area contributed by atoms with Crippen LogP contribution in [0.1, 0.15) is 29.8 Å². The summed E-state index contributed by atoms with van der Waals surface area (Å²) in [6.45, 7) is 1.37. The summed E-state index contributed by atoms with van der Waals surface area (Å²) in [6.07, 6.45) is 6.49. The van der Waals surface area contributed by atoms with Crippen molar-refractivity contribution in [2.45, 2.75) is 32.2 Å². The average Bonchev–Trinajstić information content (AvgIpc) is 3.36. The smallest absolute Gasteiger partial charge is 0.230 e. The Kier molecular flexibility index (Phi) is 5.40. The van der Waals surface area contributed by atoms with E-state index in [2.05, 4.69) is 47.2 Å². The van der Waals surface area contributed by atoms with Gasteiger partial charge in [-0.1, -0.05) is 54.6 Å². The summed E-state index contributed by atoms with van der Waals surface area (Å²) in [7, 11) is 0. The molecule has 144 valence electrons. The first-order valence-electron chi connectivity index (χ1n) is 9.56. The third kappa shape index (κ3) is 3.65. The van der Waals surface area contributed by atoms with Crippen LogP contribution in [0.4, 0.5) is 0 Å². The lowest BCUT2D eigenvalue weighted by Gasteiger charge is -2.11. The first-order valence-corrected chi connectivity index (χ1v) is 9.56. The molecule has 2 aromatic carbocycles. The maximum Gasteiger partial charge on any atom is 0.230 e. The van der Waals surface area contributed by atoms with E-state index in [1.807, 2.05) is 18.2 Å². The standard InChI is InChI=1S/C23H22N2O2.ClH/c1-2-6-17(7-3-1)14-21-23(27-16-26-21)19-11-9-18(10-12-19)20-15-25-13-5-4-8-22(25)24-20;/h1-3,6-7,9-12,15H,4-5,8,13-14,16H2;1H. The van der Waals surface area contributed by atoms with Crippen molar-refractivity contribution in [1.82, 2.24) is 9.55 Å². The van der Waals surface area contributed by atoms with Crippen LogP contribution >= 0.6 is 12.4 Å². The Morgan fingerprint density at radius 1 is 0.893 bits per heavy atom. The van der Waals surface area contributed by atoms with Crippen LogP contribution in [0.15, 0.2) is 66.6 Å². The largest absolute Gasteiger partial charge is 0.458 e. The van der Waals surface area contributed by atoms with Gasteiger partial charge in [0.2, 0.25) is 6.79 Å². The second-order valence-corrected chi connectivity index (χ2v) is 7.09. The number of hydrogen-bond donors (Lipinski definition) is 0. The Morgan fingerprint density at radius 3 is 2.46 bits per heavy atom. The van der Waals surface area contributed by atoms with E-state index in [0.29, 0.717) is 0 Å². The Hall–Kier alpha value is -2.72. The zero-order chi connectivity index (χ0) is 18.1. The van der Waals surface area contributed by atoms with Gasteiger partial charge in [0.25, 0.3) is 0 Å². The first kappa shape index (κ1) is 18.6. The van der Waals surface area contributed by atoms with Crippen LogP contribution in [0, 0.1) is 0 Å². The van der Waals surface area contributed by atoms with Crippen molar-refractivity contribution in [3.63, 3.8) is 0 Å². The third-order valence-corrected chi connectivity index (χ3v) is 5.25. The molecule has 0 fully saturated rings. The SMILES string of the molecule is Cl.c1ccc(CC2=C(c3ccc(-c4cn5c(n4)CCCC5)cc3)OCO2)cc1. The van der Waals surface area contributed by atoms with E-state index in [0.717, 1.165) is 47.7 Å². The Morgan fingerprint density at radius 2 is 1.68 bits per heavy atom. The van der Waals surface area contributed by atoms with Crippen LogP contribution in [0.5, 0.6) is 0 Å². The van der Waals surface area contributed by atoms with E-state index in [4.69, 9.17) is 14.5 Å². The summed E-state index contributed by atoms with van der Waals surface area (Å²) in [6, 6.07) is 18.8. The van der Waals surface area contributed by atoms with Crippen molar-refractivity contribution in [3.8, 4) is 11.3 Å². The number of ether oxygens (including phenoxy) is 2. The summed E-state index contributed by atoms with van der Waals surface area (Å²) in [5, 5.41) is 0. The molecule has 0 bridgehead atoms. The lowest BCUT2D eigenvalue weighted by Crippen LogP contribution is -2.08. The van der Waals surface area contributed by atoms with Crippen LogP contribution in [0.3, 0.4) is 0 Å². The molecule has 0 saturated carbocycles. The zero-order valence-corrected chi connectivity index (χ0v) is 16.5. The normalized spacial score (nSPS) is 15.4. The van der Waals surface area contributed by atoms with Gasteiger partial charge >= 0.3 is 0 Å². The van der Waals surface area contributed by atoms with Gasteiger partial charge < -0.3 is 14.0 Å². The molecular formula is C23H23ClN2O2. The maximum absolute atomic E-state index is 5.77. The number of hydrogen-bond acceptors (Lipinski definition) is 3. The van der Waals surface area contributed by atoms with Gasteiger partial charge in [0.05, 0.1) is 5.69 Å². The number of aryl methyl sites for hydroxylation is 2. The summed E-state index contributed by atoms with van der Waals surface area (Å²) >= 11 is 0. The fraction of sp³-hybridized carbons (Fsp3) is 0.261. The maximum atomic E-state index is 5.77. The molecule has 0 radical (unpaired) electrons. The monoisotopic (exact) mass is 394 g/mol. The number of benzene rings is 2.